The smallest absolute Gasteiger partial charge is 0.375 e. The fraction of sp³-hybridized carbons (Fsp3) is 0.278. The predicted octanol–water partition coefficient (Wildman–Crippen LogP) is 5.18. The van der Waals surface area contributed by atoms with Crippen molar-refractivity contribution < 1.29 is 45.4 Å². The highest BCUT2D eigenvalue weighted by molar-refractivity contribution is 5.97. The van der Waals surface area contributed by atoms with Crippen LogP contribution in [0.4, 0.5) is 30.7 Å². The number of benzene rings is 2. The van der Waals surface area contributed by atoms with Crippen molar-refractivity contribution in [1.29, 1.82) is 0 Å². The number of halogens is 7. The third-order valence-electron chi connectivity index (χ3n) is 3.79. The monoisotopic (exact) mass is 410 g/mol. The van der Waals surface area contributed by atoms with Crippen LogP contribution < -0.4 is 4.74 Å². The highest BCUT2D eigenvalue weighted by Gasteiger charge is 2.69. The van der Waals surface area contributed by atoms with E-state index in [-0.39, 0.29) is 18.2 Å². The first-order valence-corrected chi connectivity index (χ1v) is 7.66. The minimum absolute atomic E-state index is 0.134. The van der Waals surface area contributed by atoms with Crippen molar-refractivity contribution in [2.75, 3.05) is 6.61 Å². The molecule has 0 fully saturated rings. The molecule has 0 atom stereocenters. The van der Waals surface area contributed by atoms with Gasteiger partial charge in [0, 0.05) is 18.1 Å². The maximum absolute atomic E-state index is 13.9. The van der Waals surface area contributed by atoms with E-state index in [0.29, 0.717) is 12.1 Å². The second kappa shape index (κ2) is 7.42. The van der Waals surface area contributed by atoms with Crippen molar-refractivity contribution in [3.63, 3.8) is 0 Å². The van der Waals surface area contributed by atoms with Gasteiger partial charge in [0.05, 0.1) is 0 Å². The highest BCUT2D eigenvalue weighted by atomic mass is 19.3. The first-order chi connectivity index (χ1) is 12.8. The van der Waals surface area contributed by atoms with E-state index in [1.54, 1.807) is 0 Å². The fourth-order valence-electron chi connectivity index (χ4n) is 2.16. The summed E-state index contributed by atoms with van der Waals surface area (Å²) in [6.07, 6.45) is 0. The molecule has 0 aliphatic rings. The summed E-state index contributed by atoms with van der Waals surface area (Å²) in [5.74, 6) is -18.2. The lowest BCUT2D eigenvalue weighted by Gasteiger charge is -2.31. The Balaban J connectivity index is 2.25. The number of alkyl halides is 6. The Morgan fingerprint density at radius 3 is 2.04 bits per heavy atom. The van der Waals surface area contributed by atoms with Crippen LogP contribution in [0.3, 0.4) is 0 Å². The molecule has 2 aromatic rings. The van der Waals surface area contributed by atoms with Crippen molar-refractivity contribution in [2.24, 2.45) is 0 Å². The number of ketones is 1. The molecule has 0 aromatic heterocycles. The molecular weight excluding hydrogens is 397 g/mol. The van der Waals surface area contributed by atoms with Gasteiger partial charge >= 0.3 is 17.8 Å². The van der Waals surface area contributed by atoms with Crippen LogP contribution in [-0.4, -0.2) is 29.3 Å². The third-order valence-corrected chi connectivity index (χ3v) is 3.79. The van der Waals surface area contributed by atoms with E-state index >= 15 is 0 Å². The van der Waals surface area contributed by atoms with E-state index in [2.05, 4.69) is 0 Å². The molecule has 2 aromatic carbocycles. The Kier molecular flexibility index (Phi) is 5.74. The van der Waals surface area contributed by atoms with Crippen molar-refractivity contribution in [3.8, 4) is 11.5 Å². The van der Waals surface area contributed by atoms with Crippen LogP contribution in [0.25, 0.3) is 0 Å². The molecule has 2 rings (SSSR count). The molecular formula is C18H13F7O3. The van der Waals surface area contributed by atoms with E-state index in [1.165, 1.54) is 0 Å². The standard InChI is InChI=1S/C18H13F7O3/c1-16(20,21)18(24,25)17(22,23)11-3-5-12(6-4-11)28-15-7-2-10(8-13(15)19)14(27)9-26/h2-8,26H,9H2,1H3. The van der Waals surface area contributed by atoms with Gasteiger partial charge in [0.2, 0.25) is 0 Å². The Labute approximate surface area is 154 Å². The molecule has 0 spiro atoms. The van der Waals surface area contributed by atoms with E-state index in [0.717, 1.165) is 30.3 Å². The first-order valence-electron chi connectivity index (χ1n) is 7.66. The first kappa shape index (κ1) is 21.7. The van der Waals surface area contributed by atoms with Crippen LogP contribution in [-0.2, 0) is 5.92 Å². The van der Waals surface area contributed by atoms with Crippen molar-refractivity contribution in [1.82, 2.24) is 0 Å². The normalized spacial score (nSPS) is 12.8. The zero-order valence-corrected chi connectivity index (χ0v) is 14.2. The molecule has 0 heterocycles. The molecule has 152 valence electrons. The quantitative estimate of drug-likeness (QED) is 0.506. The number of carbonyl (C=O) groups excluding carboxylic acids is 1. The maximum Gasteiger partial charge on any atom is 0.375 e. The van der Waals surface area contributed by atoms with Gasteiger partial charge in [-0.15, -0.1) is 0 Å². The molecule has 0 amide bonds. The Morgan fingerprint density at radius 1 is 1.00 bits per heavy atom. The third kappa shape index (κ3) is 3.96. The lowest BCUT2D eigenvalue weighted by Crippen LogP contribution is -2.50. The minimum atomic E-state index is -5.64. The average molecular weight is 410 g/mol. The fourth-order valence-corrected chi connectivity index (χ4v) is 2.16. The van der Waals surface area contributed by atoms with Crippen LogP contribution >= 0.6 is 0 Å². The Bertz CT molecular complexity index is 858. The van der Waals surface area contributed by atoms with Gasteiger partial charge in [0.25, 0.3) is 0 Å². The van der Waals surface area contributed by atoms with E-state index in [9.17, 15) is 35.5 Å². The minimum Gasteiger partial charge on any atom is -0.454 e. The SMILES string of the molecule is CC(F)(F)C(F)(F)C(F)(F)c1ccc(Oc2ccc(C(=O)CO)cc2F)cc1. The molecule has 0 unspecified atom stereocenters. The van der Waals surface area contributed by atoms with Gasteiger partial charge in [-0.2, -0.15) is 26.3 Å². The summed E-state index contributed by atoms with van der Waals surface area (Å²) in [6.45, 7) is -1.15. The summed E-state index contributed by atoms with van der Waals surface area (Å²) in [5, 5.41) is 8.72. The van der Waals surface area contributed by atoms with Gasteiger partial charge in [-0.05, 0) is 42.5 Å². The number of rotatable bonds is 7. The van der Waals surface area contributed by atoms with Gasteiger partial charge in [0.1, 0.15) is 12.4 Å². The second-order valence-electron chi connectivity index (χ2n) is 5.89. The summed E-state index contributed by atoms with van der Waals surface area (Å²) in [5.41, 5.74) is -1.51. The maximum atomic E-state index is 13.9. The number of ether oxygens (including phenoxy) is 1. The van der Waals surface area contributed by atoms with Gasteiger partial charge in [-0.3, -0.25) is 4.79 Å². The molecule has 3 nitrogen and oxygen atoms in total. The number of hydrogen-bond acceptors (Lipinski definition) is 3. The summed E-state index contributed by atoms with van der Waals surface area (Å²) >= 11 is 0. The van der Waals surface area contributed by atoms with Crippen LogP contribution in [0.15, 0.2) is 42.5 Å². The number of aliphatic hydroxyl groups is 1. The van der Waals surface area contributed by atoms with Gasteiger partial charge < -0.3 is 9.84 Å². The van der Waals surface area contributed by atoms with Gasteiger partial charge in [0.15, 0.2) is 17.3 Å². The summed E-state index contributed by atoms with van der Waals surface area (Å²) in [4.78, 5) is 11.3. The molecule has 10 heteroatoms. The molecule has 1 N–H and O–H groups in total. The van der Waals surface area contributed by atoms with Gasteiger partial charge in [-0.1, -0.05) is 0 Å². The van der Waals surface area contributed by atoms with Gasteiger partial charge in [-0.25, -0.2) is 4.39 Å². The van der Waals surface area contributed by atoms with Crippen molar-refractivity contribution in [2.45, 2.75) is 24.7 Å². The molecule has 0 bridgehead atoms. The molecule has 0 radical (unpaired) electrons. The highest BCUT2D eigenvalue weighted by Crippen LogP contribution is 2.51. The molecule has 0 aliphatic heterocycles. The van der Waals surface area contributed by atoms with Crippen LogP contribution in [0.5, 0.6) is 11.5 Å². The average Bonchev–Trinajstić information content (AvgIpc) is 2.62. The number of aliphatic hydroxyl groups excluding tert-OH is 1. The molecule has 28 heavy (non-hydrogen) atoms. The van der Waals surface area contributed by atoms with Crippen LogP contribution in [0.2, 0.25) is 0 Å². The van der Waals surface area contributed by atoms with Crippen molar-refractivity contribution in [3.05, 3.63) is 59.4 Å². The zero-order valence-electron chi connectivity index (χ0n) is 14.2. The second-order valence-corrected chi connectivity index (χ2v) is 5.89. The van der Waals surface area contributed by atoms with Crippen LogP contribution in [0, 0.1) is 5.82 Å². The zero-order chi connectivity index (χ0) is 21.3. The number of Topliss-reactive ketones (excluding diaryl/α,β-unsaturated/α-hetero) is 1. The van der Waals surface area contributed by atoms with E-state index in [4.69, 9.17) is 9.84 Å². The lowest BCUT2D eigenvalue weighted by atomic mass is 9.98. The summed E-state index contributed by atoms with van der Waals surface area (Å²) in [7, 11) is 0. The van der Waals surface area contributed by atoms with Crippen LogP contribution in [0.1, 0.15) is 22.8 Å². The summed E-state index contributed by atoms with van der Waals surface area (Å²) < 4.78 is 99.2. The molecule has 0 aliphatic carbocycles. The topological polar surface area (TPSA) is 46.5 Å². The predicted molar refractivity (Wildman–Crippen MR) is 83.8 cm³/mol. The molecule has 0 saturated carbocycles. The van der Waals surface area contributed by atoms with Crippen molar-refractivity contribution >= 4 is 5.78 Å². The number of carbonyl (C=O) groups is 1. The molecule has 0 saturated heterocycles. The largest absolute Gasteiger partial charge is 0.454 e. The Hall–Kier alpha value is -2.62. The Morgan fingerprint density at radius 2 is 1.57 bits per heavy atom. The lowest BCUT2D eigenvalue weighted by molar-refractivity contribution is -0.308. The van der Waals surface area contributed by atoms with E-state index in [1.807, 2.05) is 0 Å². The summed E-state index contributed by atoms with van der Waals surface area (Å²) in [6, 6.07) is 5.42. The number of hydrogen-bond donors (Lipinski definition) is 1. The van der Waals surface area contributed by atoms with E-state index < -0.39 is 47.3 Å².